The van der Waals surface area contributed by atoms with Crippen LogP contribution in [0.4, 0.5) is 0 Å². The number of nitrogens with zero attached hydrogens (tertiary/aromatic N) is 1. The molecule has 0 radical (unpaired) electrons. The third-order valence-corrected chi connectivity index (χ3v) is 4.12. The zero-order valence-corrected chi connectivity index (χ0v) is 13.2. The third kappa shape index (κ3) is 3.85. The van der Waals surface area contributed by atoms with Gasteiger partial charge in [0.05, 0.1) is 18.6 Å². The van der Waals surface area contributed by atoms with Gasteiger partial charge in [-0.25, -0.2) is 0 Å². The first kappa shape index (κ1) is 16.0. The van der Waals surface area contributed by atoms with Gasteiger partial charge in [0.1, 0.15) is 0 Å². The van der Waals surface area contributed by atoms with Crippen molar-refractivity contribution >= 4 is 16.2 Å². The number of hydrogen-bond acceptors (Lipinski definition) is 4. The summed E-state index contributed by atoms with van der Waals surface area (Å²) in [6.07, 6.45) is 1.29. The second-order valence-corrected chi connectivity index (χ2v) is 6.00. The maximum atomic E-state index is 12.1. The predicted octanol–water partition coefficient (Wildman–Crippen LogP) is 2.90. The Hall–Kier alpha value is -2.34. The van der Waals surface area contributed by atoms with E-state index in [2.05, 4.69) is 4.40 Å². The molecule has 0 spiro atoms. The first-order chi connectivity index (χ1) is 10.6. The Morgan fingerprint density at radius 3 is 2.45 bits per heavy atom. The molecule has 0 aliphatic carbocycles. The maximum Gasteiger partial charge on any atom is 0.282 e. The third-order valence-electron chi connectivity index (χ3n) is 2.87. The lowest BCUT2D eigenvalue weighted by molar-refractivity contribution is 0.311. The van der Waals surface area contributed by atoms with Crippen LogP contribution in [0.3, 0.4) is 0 Å². The van der Waals surface area contributed by atoms with Crippen LogP contribution in [0.1, 0.15) is 12.5 Å². The van der Waals surface area contributed by atoms with Crippen LogP contribution in [0.15, 0.2) is 57.8 Å². The standard InChI is InChI=1S/C16H17NO4S/c1-3-21-15-10-9-13(11-16(15)20-2)12-17-22(18,19)14-7-5-4-6-8-14/h4-12H,3H2,1-2H3/b17-12-. The summed E-state index contributed by atoms with van der Waals surface area (Å²) in [5.41, 5.74) is 0.611. The molecule has 0 aliphatic rings. The number of sulfonamides is 1. The van der Waals surface area contributed by atoms with Gasteiger partial charge in [-0.3, -0.25) is 0 Å². The zero-order chi connectivity index (χ0) is 16.0. The number of benzene rings is 2. The predicted molar refractivity (Wildman–Crippen MR) is 85.4 cm³/mol. The fourth-order valence-electron chi connectivity index (χ4n) is 1.82. The molecule has 5 nitrogen and oxygen atoms in total. The zero-order valence-electron chi connectivity index (χ0n) is 12.4. The van der Waals surface area contributed by atoms with Crippen molar-refractivity contribution in [3.05, 3.63) is 54.1 Å². The Labute approximate surface area is 130 Å². The van der Waals surface area contributed by atoms with Crippen molar-refractivity contribution in [2.75, 3.05) is 13.7 Å². The smallest absolute Gasteiger partial charge is 0.282 e. The quantitative estimate of drug-likeness (QED) is 0.768. The van der Waals surface area contributed by atoms with Crippen LogP contribution < -0.4 is 9.47 Å². The second kappa shape index (κ2) is 7.09. The average Bonchev–Trinajstić information content (AvgIpc) is 2.55. The van der Waals surface area contributed by atoms with Gasteiger partial charge in [0.15, 0.2) is 11.5 Å². The highest BCUT2D eigenvalue weighted by Gasteiger charge is 2.11. The Morgan fingerprint density at radius 1 is 1.09 bits per heavy atom. The molecule has 0 saturated carbocycles. The highest BCUT2D eigenvalue weighted by Crippen LogP contribution is 2.27. The molecule has 0 aliphatic heterocycles. The van der Waals surface area contributed by atoms with E-state index in [4.69, 9.17) is 9.47 Å². The number of hydrogen-bond donors (Lipinski definition) is 0. The van der Waals surface area contributed by atoms with Crippen LogP contribution in [-0.2, 0) is 10.0 Å². The number of ether oxygens (including phenoxy) is 2. The summed E-state index contributed by atoms with van der Waals surface area (Å²) in [6.45, 7) is 2.40. The molecule has 6 heteroatoms. The van der Waals surface area contributed by atoms with E-state index in [1.54, 1.807) is 36.4 Å². The van der Waals surface area contributed by atoms with Crippen molar-refractivity contribution in [3.63, 3.8) is 0 Å². The van der Waals surface area contributed by atoms with E-state index in [0.29, 0.717) is 23.7 Å². The number of methoxy groups -OCH3 is 1. The molecule has 0 atom stereocenters. The topological polar surface area (TPSA) is 65.0 Å². The average molecular weight is 319 g/mol. The van der Waals surface area contributed by atoms with Crippen LogP contribution in [0.2, 0.25) is 0 Å². The van der Waals surface area contributed by atoms with E-state index in [9.17, 15) is 8.42 Å². The van der Waals surface area contributed by atoms with Gasteiger partial charge in [-0.1, -0.05) is 18.2 Å². The van der Waals surface area contributed by atoms with Gasteiger partial charge >= 0.3 is 0 Å². The molecule has 0 fully saturated rings. The van der Waals surface area contributed by atoms with Gasteiger partial charge < -0.3 is 9.47 Å². The largest absolute Gasteiger partial charge is 0.493 e. The van der Waals surface area contributed by atoms with Crippen molar-refractivity contribution in [1.29, 1.82) is 0 Å². The van der Waals surface area contributed by atoms with Crippen molar-refractivity contribution < 1.29 is 17.9 Å². The molecule has 2 rings (SSSR count). The summed E-state index contributed by atoms with van der Waals surface area (Å²) in [6, 6.07) is 13.2. The Morgan fingerprint density at radius 2 is 1.82 bits per heavy atom. The van der Waals surface area contributed by atoms with E-state index < -0.39 is 10.0 Å². The van der Waals surface area contributed by atoms with Gasteiger partial charge in [-0.15, -0.1) is 0 Å². The second-order valence-electron chi connectivity index (χ2n) is 4.37. The van der Waals surface area contributed by atoms with Gasteiger partial charge in [-0.2, -0.15) is 12.8 Å². The van der Waals surface area contributed by atoms with Crippen LogP contribution in [-0.4, -0.2) is 28.3 Å². The van der Waals surface area contributed by atoms with Gasteiger partial charge in [0.2, 0.25) is 0 Å². The molecular formula is C16H17NO4S. The van der Waals surface area contributed by atoms with E-state index in [0.717, 1.165) is 0 Å². The fourth-order valence-corrected chi connectivity index (χ4v) is 2.71. The highest BCUT2D eigenvalue weighted by atomic mass is 32.2. The molecule has 2 aromatic rings. The maximum absolute atomic E-state index is 12.1. The van der Waals surface area contributed by atoms with Crippen LogP contribution >= 0.6 is 0 Å². The van der Waals surface area contributed by atoms with E-state index in [-0.39, 0.29) is 4.90 Å². The van der Waals surface area contributed by atoms with E-state index >= 15 is 0 Å². The Kier molecular flexibility index (Phi) is 5.16. The summed E-state index contributed by atoms with van der Waals surface area (Å²) >= 11 is 0. The summed E-state index contributed by atoms with van der Waals surface area (Å²) in [4.78, 5) is 0.157. The lowest BCUT2D eigenvalue weighted by Gasteiger charge is -2.09. The Bertz CT molecular complexity index is 755. The first-order valence-corrected chi connectivity index (χ1v) is 8.17. The minimum atomic E-state index is -3.70. The molecule has 0 N–H and O–H groups in total. The van der Waals surface area contributed by atoms with Crippen molar-refractivity contribution in [2.24, 2.45) is 4.40 Å². The van der Waals surface area contributed by atoms with Crippen LogP contribution in [0.25, 0.3) is 0 Å². The normalized spacial score (nSPS) is 11.5. The molecule has 0 amide bonds. The SMILES string of the molecule is CCOc1ccc(/C=N\S(=O)(=O)c2ccccc2)cc1OC. The molecule has 116 valence electrons. The van der Waals surface area contributed by atoms with Crippen molar-refractivity contribution in [3.8, 4) is 11.5 Å². The molecule has 0 bridgehead atoms. The molecule has 0 saturated heterocycles. The molecule has 0 heterocycles. The Balaban J connectivity index is 2.27. The van der Waals surface area contributed by atoms with Crippen molar-refractivity contribution in [1.82, 2.24) is 0 Å². The molecule has 2 aromatic carbocycles. The summed E-state index contributed by atoms with van der Waals surface area (Å²) in [7, 11) is -2.17. The minimum absolute atomic E-state index is 0.157. The van der Waals surface area contributed by atoms with Gasteiger partial charge in [-0.05, 0) is 42.8 Å². The molecule has 0 aromatic heterocycles. The van der Waals surface area contributed by atoms with E-state index in [1.807, 2.05) is 6.92 Å². The van der Waals surface area contributed by atoms with Crippen molar-refractivity contribution in [2.45, 2.75) is 11.8 Å². The summed E-state index contributed by atoms with van der Waals surface area (Å²) in [5, 5.41) is 0. The molecule has 22 heavy (non-hydrogen) atoms. The monoisotopic (exact) mass is 319 g/mol. The highest BCUT2D eigenvalue weighted by molar-refractivity contribution is 7.90. The number of rotatable bonds is 6. The minimum Gasteiger partial charge on any atom is -0.493 e. The lowest BCUT2D eigenvalue weighted by Crippen LogP contribution is -1.98. The summed E-state index contributed by atoms with van der Waals surface area (Å²) < 4.78 is 38.5. The lowest BCUT2D eigenvalue weighted by atomic mass is 10.2. The van der Waals surface area contributed by atoms with Crippen LogP contribution in [0, 0.1) is 0 Å². The van der Waals surface area contributed by atoms with Gasteiger partial charge in [0.25, 0.3) is 10.0 Å². The molecule has 0 unspecified atom stereocenters. The van der Waals surface area contributed by atoms with E-state index in [1.165, 1.54) is 25.5 Å². The fraction of sp³-hybridized carbons (Fsp3) is 0.188. The van der Waals surface area contributed by atoms with Gasteiger partial charge in [0, 0.05) is 6.21 Å². The summed E-state index contributed by atoms with van der Waals surface area (Å²) in [5.74, 6) is 1.14. The van der Waals surface area contributed by atoms with Crippen LogP contribution in [0.5, 0.6) is 11.5 Å². The molecular weight excluding hydrogens is 302 g/mol. The first-order valence-electron chi connectivity index (χ1n) is 6.73.